The number of carbonyl (C=O) groups is 1. The van der Waals surface area contributed by atoms with Crippen molar-refractivity contribution in [2.45, 2.75) is 32.7 Å². The molecule has 0 bridgehead atoms. The van der Waals surface area contributed by atoms with Crippen LogP contribution in [0.2, 0.25) is 0 Å². The minimum Gasteiger partial charge on any atom is -0.383 e. The summed E-state index contributed by atoms with van der Waals surface area (Å²) in [4.78, 5) is 16.1. The Hall–Kier alpha value is -2.10. The molecule has 0 saturated carbocycles. The van der Waals surface area contributed by atoms with E-state index in [1.807, 2.05) is 51.1 Å². The maximum Gasteiger partial charge on any atom is 0.222 e. The summed E-state index contributed by atoms with van der Waals surface area (Å²) >= 11 is 0. The van der Waals surface area contributed by atoms with E-state index in [0.29, 0.717) is 13.0 Å². The fourth-order valence-corrected chi connectivity index (χ4v) is 2.04. The first-order valence-electron chi connectivity index (χ1n) is 6.84. The van der Waals surface area contributed by atoms with Crippen molar-refractivity contribution < 1.29 is 4.79 Å². The second-order valence-electron chi connectivity index (χ2n) is 5.86. The molecule has 20 heavy (non-hydrogen) atoms. The van der Waals surface area contributed by atoms with Crippen molar-refractivity contribution in [1.29, 1.82) is 0 Å². The maximum absolute atomic E-state index is 11.7. The van der Waals surface area contributed by atoms with Crippen molar-refractivity contribution in [2.24, 2.45) is 0 Å². The van der Waals surface area contributed by atoms with Crippen molar-refractivity contribution >= 4 is 22.5 Å². The van der Waals surface area contributed by atoms with E-state index in [0.717, 1.165) is 16.6 Å². The fourth-order valence-electron chi connectivity index (χ4n) is 2.04. The zero-order valence-electron chi connectivity index (χ0n) is 12.2. The molecule has 1 aromatic heterocycles. The van der Waals surface area contributed by atoms with Crippen LogP contribution in [0, 0.1) is 0 Å². The van der Waals surface area contributed by atoms with Crippen LogP contribution in [0.5, 0.6) is 0 Å². The molecule has 4 nitrogen and oxygen atoms in total. The lowest BCUT2D eigenvalue weighted by Gasteiger charge is -2.20. The number of amides is 1. The van der Waals surface area contributed by atoms with Crippen LogP contribution in [0.3, 0.4) is 0 Å². The van der Waals surface area contributed by atoms with Gasteiger partial charge in [-0.1, -0.05) is 18.2 Å². The molecule has 2 N–H and O–H groups in total. The number of hydrogen-bond donors (Lipinski definition) is 2. The Balaban J connectivity index is 1.95. The second kappa shape index (κ2) is 5.90. The number of nitrogens with one attached hydrogen (secondary N) is 2. The van der Waals surface area contributed by atoms with E-state index in [-0.39, 0.29) is 11.4 Å². The largest absolute Gasteiger partial charge is 0.383 e. The van der Waals surface area contributed by atoms with Crippen LogP contribution >= 0.6 is 0 Å². The molecule has 0 aliphatic carbocycles. The summed E-state index contributed by atoms with van der Waals surface area (Å²) in [6.07, 6.45) is 2.22. The normalized spacial score (nSPS) is 11.3. The Morgan fingerprint density at radius 1 is 1.20 bits per heavy atom. The van der Waals surface area contributed by atoms with Gasteiger partial charge in [0.25, 0.3) is 0 Å². The van der Waals surface area contributed by atoms with Gasteiger partial charge >= 0.3 is 0 Å². The fraction of sp³-hybridized carbons (Fsp3) is 0.375. The van der Waals surface area contributed by atoms with Crippen LogP contribution in [0.15, 0.2) is 36.5 Å². The molecule has 2 aromatic rings. The first-order valence-corrected chi connectivity index (χ1v) is 6.84. The number of para-hydroxylation sites is 1. The molecule has 0 aliphatic heterocycles. The van der Waals surface area contributed by atoms with Crippen LogP contribution in [0.1, 0.15) is 27.2 Å². The Morgan fingerprint density at radius 3 is 2.70 bits per heavy atom. The zero-order valence-corrected chi connectivity index (χ0v) is 12.2. The predicted octanol–water partition coefficient (Wildman–Crippen LogP) is 2.95. The van der Waals surface area contributed by atoms with Gasteiger partial charge in [-0.2, -0.15) is 0 Å². The number of carbonyl (C=O) groups excluding carboxylic acids is 1. The molecule has 4 heteroatoms. The molecule has 2 rings (SSSR count). The van der Waals surface area contributed by atoms with Crippen LogP contribution < -0.4 is 10.6 Å². The van der Waals surface area contributed by atoms with Gasteiger partial charge in [0.1, 0.15) is 0 Å². The van der Waals surface area contributed by atoms with E-state index in [9.17, 15) is 4.79 Å². The molecular formula is C16H21N3O. The van der Waals surface area contributed by atoms with E-state index in [4.69, 9.17) is 0 Å². The molecule has 0 unspecified atom stereocenters. The van der Waals surface area contributed by atoms with Crippen LogP contribution in [0.4, 0.5) is 5.69 Å². The molecular weight excluding hydrogens is 250 g/mol. The predicted molar refractivity (Wildman–Crippen MR) is 82.7 cm³/mol. The van der Waals surface area contributed by atoms with E-state index < -0.39 is 0 Å². The number of aromatic nitrogens is 1. The monoisotopic (exact) mass is 271 g/mol. The average Bonchev–Trinajstić information content (AvgIpc) is 2.37. The highest BCUT2D eigenvalue weighted by Crippen LogP contribution is 2.20. The standard InChI is InChI=1S/C16H21N3O/c1-16(2,3)19-14(20)9-11-17-13-8-4-6-12-7-5-10-18-15(12)13/h4-8,10,17H,9,11H2,1-3H3,(H,19,20). The quantitative estimate of drug-likeness (QED) is 0.899. The first-order chi connectivity index (χ1) is 9.46. The second-order valence-corrected chi connectivity index (χ2v) is 5.86. The van der Waals surface area contributed by atoms with Gasteiger partial charge in [0.2, 0.25) is 5.91 Å². The van der Waals surface area contributed by atoms with Crippen LogP contribution in [0.25, 0.3) is 10.9 Å². The third-order valence-corrected chi connectivity index (χ3v) is 2.81. The topological polar surface area (TPSA) is 54.0 Å². The Bertz CT molecular complexity index is 597. The molecule has 106 valence electrons. The number of pyridine rings is 1. The van der Waals surface area contributed by atoms with Gasteiger partial charge in [-0.3, -0.25) is 9.78 Å². The number of hydrogen-bond acceptors (Lipinski definition) is 3. The van der Waals surface area contributed by atoms with Gasteiger partial charge in [0.05, 0.1) is 11.2 Å². The Kier molecular flexibility index (Phi) is 4.23. The summed E-state index contributed by atoms with van der Waals surface area (Å²) in [5, 5.41) is 7.32. The highest BCUT2D eigenvalue weighted by atomic mass is 16.1. The van der Waals surface area contributed by atoms with Crippen LogP contribution in [-0.4, -0.2) is 23.0 Å². The van der Waals surface area contributed by atoms with Crippen molar-refractivity contribution in [3.8, 4) is 0 Å². The lowest BCUT2D eigenvalue weighted by Crippen LogP contribution is -2.41. The van der Waals surface area contributed by atoms with Gasteiger partial charge in [0, 0.05) is 30.1 Å². The van der Waals surface area contributed by atoms with Crippen molar-refractivity contribution in [2.75, 3.05) is 11.9 Å². The molecule has 1 amide bonds. The molecule has 0 atom stereocenters. The minimum absolute atomic E-state index is 0.0539. The Labute approximate surface area is 119 Å². The molecule has 1 aromatic carbocycles. The summed E-state index contributed by atoms with van der Waals surface area (Å²) in [7, 11) is 0. The van der Waals surface area contributed by atoms with Gasteiger partial charge in [-0.15, -0.1) is 0 Å². The summed E-state index contributed by atoms with van der Waals surface area (Å²) in [6.45, 7) is 6.53. The number of rotatable bonds is 4. The smallest absolute Gasteiger partial charge is 0.222 e. The van der Waals surface area contributed by atoms with E-state index in [2.05, 4.69) is 15.6 Å². The van der Waals surface area contributed by atoms with Gasteiger partial charge < -0.3 is 10.6 Å². The number of anilines is 1. The van der Waals surface area contributed by atoms with Crippen molar-refractivity contribution in [1.82, 2.24) is 10.3 Å². The lowest BCUT2D eigenvalue weighted by atomic mass is 10.1. The molecule has 1 heterocycles. The van der Waals surface area contributed by atoms with Crippen molar-refractivity contribution in [3.63, 3.8) is 0 Å². The molecule has 0 aliphatic rings. The van der Waals surface area contributed by atoms with Crippen molar-refractivity contribution in [3.05, 3.63) is 36.5 Å². The number of fused-ring (bicyclic) bond motifs is 1. The lowest BCUT2D eigenvalue weighted by molar-refractivity contribution is -0.122. The van der Waals surface area contributed by atoms with Gasteiger partial charge in [-0.05, 0) is 32.9 Å². The summed E-state index contributed by atoms with van der Waals surface area (Å²) < 4.78 is 0. The molecule has 0 radical (unpaired) electrons. The Morgan fingerprint density at radius 2 is 1.95 bits per heavy atom. The van der Waals surface area contributed by atoms with E-state index in [1.54, 1.807) is 6.20 Å². The van der Waals surface area contributed by atoms with Gasteiger partial charge in [0.15, 0.2) is 0 Å². The summed E-state index contributed by atoms with van der Waals surface area (Å²) in [5.74, 6) is 0.0539. The molecule has 0 fully saturated rings. The maximum atomic E-state index is 11.7. The number of nitrogens with zero attached hydrogens (tertiary/aromatic N) is 1. The molecule has 0 saturated heterocycles. The summed E-state index contributed by atoms with van der Waals surface area (Å²) in [5.41, 5.74) is 1.72. The third kappa shape index (κ3) is 3.95. The van der Waals surface area contributed by atoms with E-state index in [1.165, 1.54) is 0 Å². The highest BCUT2D eigenvalue weighted by Gasteiger charge is 2.13. The first kappa shape index (κ1) is 14.3. The highest BCUT2D eigenvalue weighted by molar-refractivity contribution is 5.90. The van der Waals surface area contributed by atoms with Gasteiger partial charge in [-0.25, -0.2) is 0 Å². The SMILES string of the molecule is CC(C)(C)NC(=O)CCNc1cccc2cccnc12. The molecule has 0 spiro atoms. The zero-order chi connectivity index (χ0) is 14.6. The third-order valence-electron chi connectivity index (χ3n) is 2.81. The van der Waals surface area contributed by atoms with Crippen LogP contribution in [-0.2, 0) is 4.79 Å². The minimum atomic E-state index is -0.182. The number of benzene rings is 1. The average molecular weight is 271 g/mol. The van der Waals surface area contributed by atoms with E-state index >= 15 is 0 Å². The summed E-state index contributed by atoms with van der Waals surface area (Å²) in [6, 6.07) is 9.95.